The van der Waals surface area contributed by atoms with Gasteiger partial charge in [0.25, 0.3) is 0 Å². The SMILES string of the molecule is Cc1cccc(S(=O)Cc2cccc(F)c2Cl)c1N. The van der Waals surface area contributed by atoms with Gasteiger partial charge >= 0.3 is 0 Å². The lowest BCUT2D eigenvalue weighted by atomic mass is 10.2. The molecule has 0 fully saturated rings. The van der Waals surface area contributed by atoms with Gasteiger partial charge in [0.2, 0.25) is 0 Å². The summed E-state index contributed by atoms with van der Waals surface area (Å²) in [7, 11) is -1.35. The first-order valence-electron chi connectivity index (χ1n) is 5.67. The number of nitrogens with two attached hydrogens (primary N) is 1. The fraction of sp³-hybridized carbons (Fsp3) is 0.143. The van der Waals surface area contributed by atoms with Gasteiger partial charge in [0.1, 0.15) is 5.82 Å². The maximum atomic E-state index is 13.3. The molecule has 0 heterocycles. The summed E-state index contributed by atoms with van der Waals surface area (Å²) in [5.74, 6) is -0.363. The molecule has 5 heteroatoms. The molecule has 0 aliphatic carbocycles. The molecule has 19 heavy (non-hydrogen) atoms. The lowest BCUT2D eigenvalue weighted by Gasteiger charge is -2.09. The molecule has 1 unspecified atom stereocenters. The van der Waals surface area contributed by atoms with Crippen LogP contribution >= 0.6 is 11.6 Å². The van der Waals surface area contributed by atoms with Gasteiger partial charge in [-0.25, -0.2) is 4.39 Å². The molecule has 0 amide bonds. The van der Waals surface area contributed by atoms with E-state index in [1.165, 1.54) is 6.07 Å². The van der Waals surface area contributed by atoms with E-state index in [1.54, 1.807) is 24.3 Å². The molecule has 0 aliphatic heterocycles. The van der Waals surface area contributed by atoms with Crippen LogP contribution in [0.3, 0.4) is 0 Å². The molecule has 0 saturated heterocycles. The van der Waals surface area contributed by atoms with E-state index in [0.29, 0.717) is 16.1 Å². The first kappa shape index (κ1) is 14.0. The zero-order chi connectivity index (χ0) is 14.0. The maximum absolute atomic E-state index is 13.3. The number of hydrogen-bond acceptors (Lipinski definition) is 2. The molecule has 2 N–H and O–H groups in total. The van der Waals surface area contributed by atoms with Crippen molar-refractivity contribution < 1.29 is 8.60 Å². The Balaban J connectivity index is 2.31. The Bertz CT molecular complexity index is 645. The number of rotatable bonds is 3. The predicted octanol–water partition coefficient (Wildman–Crippen LogP) is 3.68. The van der Waals surface area contributed by atoms with Crippen LogP contribution in [0, 0.1) is 12.7 Å². The average molecular weight is 298 g/mol. The summed E-state index contributed by atoms with van der Waals surface area (Å²) >= 11 is 5.86. The number of anilines is 1. The molecule has 2 aromatic rings. The highest BCUT2D eigenvalue weighted by molar-refractivity contribution is 7.84. The van der Waals surface area contributed by atoms with Crippen molar-refractivity contribution in [2.24, 2.45) is 0 Å². The second-order valence-corrected chi connectivity index (χ2v) is 5.99. The van der Waals surface area contributed by atoms with E-state index in [-0.39, 0.29) is 10.8 Å². The van der Waals surface area contributed by atoms with Crippen molar-refractivity contribution in [3.63, 3.8) is 0 Å². The monoisotopic (exact) mass is 297 g/mol. The van der Waals surface area contributed by atoms with Gasteiger partial charge in [0.15, 0.2) is 0 Å². The Morgan fingerprint density at radius 2 is 1.95 bits per heavy atom. The Labute approximate surface area is 118 Å². The van der Waals surface area contributed by atoms with Gasteiger partial charge in [-0.2, -0.15) is 0 Å². The summed E-state index contributed by atoms with van der Waals surface area (Å²) in [4.78, 5) is 0.556. The molecule has 0 saturated carbocycles. The standard InChI is InChI=1S/C14H13ClFNOS/c1-9-4-2-7-12(14(9)17)19(18)8-10-5-3-6-11(16)13(10)15/h2-7H,8,17H2,1H3. The summed E-state index contributed by atoms with van der Waals surface area (Å²) in [5, 5.41) is 0.0158. The minimum absolute atomic E-state index is 0.0158. The highest BCUT2D eigenvalue weighted by Crippen LogP contribution is 2.26. The number of hydrogen-bond donors (Lipinski definition) is 1. The number of nitrogen functional groups attached to an aromatic ring is 1. The van der Waals surface area contributed by atoms with Crippen molar-refractivity contribution in [2.45, 2.75) is 17.6 Å². The third-order valence-corrected chi connectivity index (χ3v) is 4.69. The van der Waals surface area contributed by atoms with E-state index >= 15 is 0 Å². The van der Waals surface area contributed by atoms with Gasteiger partial charge in [-0.1, -0.05) is 35.9 Å². The number of benzene rings is 2. The largest absolute Gasteiger partial charge is 0.398 e. The predicted molar refractivity (Wildman–Crippen MR) is 77.1 cm³/mol. The summed E-state index contributed by atoms with van der Waals surface area (Å²) in [5.41, 5.74) is 7.80. The average Bonchev–Trinajstić information content (AvgIpc) is 2.38. The van der Waals surface area contributed by atoms with E-state index in [0.717, 1.165) is 5.56 Å². The van der Waals surface area contributed by atoms with Crippen molar-refractivity contribution in [2.75, 3.05) is 5.73 Å². The van der Waals surface area contributed by atoms with Crippen LogP contribution in [0.5, 0.6) is 0 Å². The molecule has 2 rings (SSSR count). The summed E-state index contributed by atoms with van der Waals surface area (Å²) < 4.78 is 25.6. The first-order chi connectivity index (χ1) is 9.00. The third kappa shape index (κ3) is 2.96. The minimum atomic E-state index is -1.35. The number of halogens is 2. The van der Waals surface area contributed by atoms with E-state index in [1.807, 2.05) is 13.0 Å². The zero-order valence-electron chi connectivity index (χ0n) is 10.3. The molecule has 0 aliphatic rings. The van der Waals surface area contributed by atoms with Crippen LogP contribution in [-0.4, -0.2) is 4.21 Å². The Morgan fingerprint density at radius 3 is 2.68 bits per heavy atom. The Morgan fingerprint density at radius 1 is 1.26 bits per heavy atom. The van der Waals surface area contributed by atoms with Crippen LogP contribution < -0.4 is 5.73 Å². The topological polar surface area (TPSA) is 43.1 Å². The van der Waals surface area contributed by atoms with Crippen molar-refractivity contribution in [3.05, 3.63) is 58.4 Å². The second kappa shape index (κ2) is 5.72. The van der Waals surface area contributed by atoms with Crippen LogP contribution in [0.4, 0.5) is 10.1 Å². The van der Waals surface area contributed by atoms with Crippen molar-refractivity contribution in [3.8, 4) is 0 Å². The summed E-state index contributed by atoms with van der Waals surface area (Å²) in [6.45, 7) is 1.85. The molecule has 1 atom stereocenters. The van der Waals surface area contributed by atoms with E-state index in [9.17, 15) is 8.60 Å². The molecule has 0 spiro atoms. The highest BCUT2D eigenvalue weighted by atomic mass is 35.5. The van der Waals surface area contributed by atoms with Crippen molar-refractivity contribution in [1.82, 2.24) is 0 Å². The van der Waals surface area contributed by atoms with E-state index in [2.05, 4.69) is 0 Å². The van der Waals surface area contributed by atoms with Crippen LogP contribution in [0.2, 0.25) is 5.02 Å². The fourth-order valence-electron chi connectivity index (χ4n) is 1.73. The van der Waals surface area contributed by atoms with Crippen LogP contribution in [0.1, 0.15) is 11.1 Å². The fourth-order valence-corrected chi connectivity index (χ4v) is 3.32. The highest BCUT2D eigenvalue weighted by Gasteiger charge is 2.13. The molecule has 0 aromatic heterocycles. The quantitative estimate of drug-likeness (QED) is 0.878. The van der Waals surface area contributed by atoms with Gasteiger partial charge in [-0.05, 0) is 30.2 Å². The van der Waals surface area contributed by atoms with Crippen LogP contribution in [0.25, 0.3) is 0 Å². The minimum Gasteiger partial charge on any atom is -0.398 e. The third-order valence-electron chi connectivity index (χ3n) is 2.85. The van der Waals surface area contributed by atoms with Gasteiger partial charge in [-0.15, -0.1) is 0 Å². The molecular weight excluding hydrogens is 285 g/mol. The molecular formula is C14H13ClFNOS. The molecule has 2 nitrogen and oxygen atoms in total. The van der Waals surface area contributed by atoms with Crippen LogP contribution in [-0.2, 0) is 16.6 Å². The van der Waals surface area contributed by atoms with Gasteiger partial charge in [0.05, 0.1) is 32.2 Å². The smallest absolute Gasteiger partial charge is 0.142 e. The lowest BCUT2D eigenvalue weighted by molar-refractivity contribution is 0.626. The van der Waals surface area contributed by atoms with E-state index in [4.69, 9.17) is 17.3 Å². The number of aryl methyl sites for hydroxylation is 1. The van der Waals surface area contributed by atoms with Gasteiger partial charge in [0, 0.05) is 0 Å². The van der Waals surface area contributed by atoms with E-state index < -0.39 is 16.6 Å². The molecule has 0 bridgehead atoms. The Hall–Kier alpha value is -1.39. The van der Waals surface area contributed by atoms with Crippen molar-refractivity contribution >= 4 is 28.1 Å². The normalized spacial score (nSPS) is 12.4. The molecule has 100 valence electrons. The first-order valence-corrected chi connectivity index (χ1v) is 7.36. The van der Waals surface area contributed by atoms with Crippen molar-refractivity contribution in [1.29, 1.82) is 0 Å². The molecule has 0 radical (unpaired) electrons. The van der Waals surface area contributed by atoms with Gasteiger partial charge < -0.3 is 5.73 Å². The summed E-state index contributed by atoms with van der Waals surface area (Å²) in [6.07, 6.45) is 0. The zero-order valence-corrected chi connectivity index (χ0v) is 11.9. The maximum Gasteiger partial charge on any atom is 0.142 e. The van der Waals surface area contributed by atoms with Gasteiger partial charge in [-0.3, -0.25) is 4.21 Å². The lowest BCUT2D eigenvalue weighted by Crippen LogP contribution is -2.03. The molecule has 2 aromatic carbocycles. The van der Waals surface area contributed by atoms with Crippen LogP contribution in [0.15, 0.2) is 41.3 Å². The number of para-hydroxylation sites is 1. The Kier molecular flexibility index (Phi) is 4.22. The summed E-state index contributed by atoms with van der Waals surface area (Å²) in [6, 6.07) is 9.85. The second-order valence-electron chi connectivity index (χ2n) is 4.19.